The first-order chi connectivity index (χ1) is 16.0. The van der Waals surface area contributed by atoms with Crippen LogP contribution in [-0.4, -0.2) is 30.9 Å². The van der Waals surface area contributed by atoms with Crippen molar-refractivity contribution in [1.82, 2.24) is 5.32 Å². The van der Waals surface area contributed by atoms with E-state index in [1.165, 1.54) is 25.0 Å². The summed E-state index contributed by atoms with van der Waals surface area (Å²) in [4.78, 5) is 28.0. The van der Waals surface area contributed by atoms with Crippen molar-refractivity contribution in [3.05, 3.63) is 72.2 Å². The number of carbonyl (C=O) groups is 2. The molecule has 0 radical (unpaired) electrons. The highest BCUT2D eigenvalue weighted by molar-refractivity contribution is 6.00. The van der Waals surface area contributed by atoms with E-state index in [0.717, 1.165) is 25.2 Å². The van der Waals surface area contributed by atoms with Gasteiger partial charge in [0.25, 0.3) is 5.91 Å². The van der Waals surface area contributed by atoms with Gasteiger partial charge in [0.05, 0.1) is 0 Å². The zero-order valence-corrected chi connectivity index (χ0v) is 18.6. The van der Waals surface area contributed by atoms with Crippen LogP contribution in [0.5, 0.6) is 0 Å². The van der Waals surface area contributed by atoms with Crippen LogP contribution in [0.15, 0.2) is 65.1 Å². The van der Waals surface area contributed by atoms with E-state index in [0.29, 0.717) is 23.4 Å². The third-order valence-electron chi connectivity index (χ3n) is 5.74. The van der Waals surface area contributed by atoms with Gasteiger partial charge in [0.1, 0.15) is 17.6 Å². The predicted molar refractivity (Wildman–Crippen MR) is 127 cm³/mol. The third kappa shape index (κ3) is 5.61. The molecule has 0 spiro atoms. The van der Waals surface area contributed by atoms with E-state index < -0.39 is 11.9 Å². The molecule has 3 aromatic rings. The number of amides is 2. The Labute approximate surface area is 192 Å². The Morgan fingerprint density at radius 2 is 1.82 bits per heavy atom. The number of nitrogens with one attached hydrogen (secondary N) is 2. The lowest BCUT2D eigenvalue weighted by Crippen LogP contribution is -2.43. The van der Waals surface area contributed by atoms with Crippen molar-refractivity contribution in [3.63, 3.8) is 0 Å². The van der Waals surface area contributed by atoms with Crippen LogP contribution in [-0.2, 0) is 4.79 Å². The molecule has 2 aromatic carbocycles. The molecule has 1 saturated heterocycles. The number of carbonyl (C=O) groups excluding carboxylic acids is 2. The molecule has 0 aliphatic carbocycles. The third-order valence-corrected chi connectivity index (χ3v) is 5.74. The van der Waals surface area contributed by atoms with E-state index in [2.05, 4.69) is 15.5 Å². The van der Waals surface area contributed by atoms with Gasteiger partial charge in [0.15, 0.2) is 5.76 Å². The van der Waals surface area contributed by atoms with Crippen LogP contribution in [0.2, 0.25) is 0 Å². The van der Waals surface area contributed by atoms with Gasteiger partial charge in [-0.15, -0.1) is 0 Å². The first-order valence-corrected chi connectivity index (χ1v) is 11.4. The molecule has 1 unspecified atom stereocenters. The van der Waals surface area contributed by atoms with E-state index in [4.69, 9.17) is 4.42 Å². The van der Waals surface area contributed by atoms with Crippen LogP contribution in [0.25, 0.3) is 11.3 Å². The normalized spacial score (nSPS) is 14.2. The van der Waals surface area contributed by atoms with Crippen molar-refractivity contribution < 1.29 is 18.4 Å². The minimum Gasteiger partial charge on any atom is -0.451 e. The number of anilines is 2. The van der Waals surface area contributed by atoms with Gasteiger partial charge in [-0.05, 0) is 73.9 Å². The van der Waals surface area contributed by atoms with Crippen molar-refractivity contribution in [2.45, 2.75) is 38.6 Å². The molecule has 172 valence electrons. The summed E-state index contributed by atoms with van der Waals surface area (Å²) in [6.07, 6.45) is 3.58. The standard InChI is InChI=1S/C26H28FN3O3/c1-2-6-22(25(31)28-20-7-5-8-21(17-20)30-15-3-4-16-30)29-26(32)24-14-13-23(33-24)18-9-11-19(27)12-10-18/h5,7-14,17,22H,2-4,6,15-16H2,1H3,(H,28,31)(H,29,32). The summed E-state index contributed by atoms with van der Waals surface area (Å²) in [5, 5.41) is 5.72. The lowest BCUT2D eigenvalue weighted by molar-refractivity contribution is -0.118. The summed E-state index contributed by atoms with van der Waals surface area (Å²) in [5.74, 6) is -0.533. The average molecular weight is 450 g/mol. The molecular weight excluding hydrogens is 421 g/mol. The number of nitrogens with zero attached hydrogens (tertiary/aromatic N) is 1. The fraction of sp³-hybridized carbons (Fsp3) is 0.308. The molecule has 0 bridgehead atoms. The SMILES string of the molecule is CCCC(NC(=O)c1ccc(-c2ccc(F)cc2)o1)C(=O)Nc1cccc(N2CCCC2)c1. The Balaban J connectivity index is 1.42. The van der Waals surface area contributed by atoms with Gasteiger partial charge in [-0.3, -0.25) is 9.59 Å². The summed E-state index contributed by atoms with van der Waals surface area (Å²) in [6, 6.07) is 16.1. The maximum atomic E-state index is 13.1. The largest absolute Gasteiger partial charge is 0.451 e. The molecule has 6 nitrogen and oxygen atoms in total. The van der Waals surface area contributed by atoms with E-state index in [9.17, 15) is 14.0 Å². The van der Waals surface area contributed by atoms with Gasteiger partial charge in [0.2, 0.25) is 5.91 Å². The molecule has 7 heteroatoms. The van der Waals surface area contributed by atoms with Crippen LogP contribution < -0.4 is 15.5 Å². The highest BCUT2D eigenvalue weighted by atomic mass is 19.1. The number of benzene rings is 2. The second-order valence-corrected chi connectivity index (χ2v) is 8.22. The van der Waals surface area contributed by atoms with E-state index in [1.807, 2.05) is 31.2 Å². The number of hydrogen-bond donors (Lipinski definition) is 2. The molecule has 1 aliphatic rings. The van der Waals surface area contributed by atoms with Crippen LogP contribution >= 0.6 is 0 Å². The molecule has 1 aliphatic heterocycles. The van der Waals surface area contributed by atoms with Gasteiger partial charge in [-0.25, -0.2) is 4.39 Å². The van der Waals surface area contributed by atoms with E-state index >= 15 is 0 Å². The lowest BCUT2D eigenvalue weighted by Gasteiger charge is -2.20. The van der Waals surface area contributed by atoms with E-state index in [-0.39, 0.29) is 17.5 Å². The Hall–Kier alpha value is -3.61. The van der Waals surface area contributed by atoms with Crippen LogP contribution in [0.4, 0.5) is 15.8 Å². The number of hydrogen-bond acceptors (Lipinski definition) is 4. The van der Waals surface area contributed by atoms with Gasteiger partial charge < -0.3 is 20.0 Å². The van der Waals surface area contributed by atoms with E-state index in [1.54, 1.807) is 24.3 Å². The van der Waals surface area contributed by atoms with Crippen molar-refractivity contribution in [1.29, 1.82) is 0 Å². The maximum Gasteiger partial charge on any atom is 0.287 e. The van der Waals surface area contributed by atoms with Crippen LogP contribution in [0.1, 0.15) is 43.2 Å². The van der Waals surface area contributed by atoms with Gasteiger partial charge in [0, 0.05) is 30.0 Å². The van der Waals surface area contributed by atoms with Crippen molar-refractivity contribution in [2.75, 3.05) is 23.3 Å². The number of furan rings is 1. The maximum absolute atomic E-state index is 13.1. The van der Waals surface area contributed by atoms with Crippen LogP contribution in [0.3, 0.4) is 0 Å². The Bertz CT molecular complexity index is 1100. The summed E-state index contributed by atoms with van der Waals surface area (Å²) in [7, 11) is 0. The quantitative estimate of drug-likeness (QED) is 0.494. The Morgan fingerprint density at radius 3 is 2.55 bits per heavy atom. The van der Waals surface area contributed by atoms with Gasteiger partial charge >= 0.3 is 0 Å². The minimum atomic E-state index is -0.697. The average Bonchev–Trinajstić information content (AvgIpc) is 3.52. The molecule has 1 aromatic heterocycles. The molecule has 2 heterocycles. The smallest absolute Gasteiger partial charge is 0.287 e. The highest BCUT2D eigenvalue weighted by Gasteiger charge is 2.23. The van der Waals surface area contributed by atoms with Crippen molar-refractivity contribution in [3.8, 4) is 11.3 Å². The summed E-state index contributed by atoms with van der Waals surface area (Å²) >= 11 is 0. The number of halogens is 1. The first-order valence-electron chi connectivity index (χ1n) is 11.4. The van der Waals surface area contributed by atoms with Crippen molar-refractivity contribution >= 4 is 23.2 Å². The Morgan fingerprint density at radius 1 is 1.06 bits per heavy atom. The lowest BCUT2D eigenvalue weighted by atomic mass is 10.1. The molecule has 2 N–H and O–H groups in total. The molecule has 1 fully saturated rings. The fourth-order valence-corrected chi connectivity index (χ4v) is 4.00. The van der Waals surface area contributed by atoms with Crippen LogP contribution in [0, 0.1) is 5.82 Å². The highest BCUT2D eigenvalue weighted by Crippen LogP contribution is 2.24. The molecule has 1 atom stereocenters. The predicted octanol–water partition coefficient (Wildman–Crippen LogP) is 5.22. The monoisotopic (exact) mass is 449 g/mol. The molecule has 4 rings (SSSR count). The zero-order chi connectivity index (χ0) is 23.2. The second-order valence-electron chi connectivity index (χ2n) is 8.22. The molecule has 2 amide bonds. The van der Waals surface area contributed by atoms with Crippen molar-refractivity contribution in [2.24, 2.45) is 0 Å². The summed E-state index contributed by atoms with van der Waals surface area (Å²) in [6.45, 7) is 4.00. The topological polar surface area (TPSA) is 74.6 Å². The fourth-order valence-electron chi connectivity index (χ4n) is 4.00. The van der Waals surface area contributed by atoms with Gasteiger partial charge in [-0.1, -0.05) is 19.4 Å². The Kier molecular flexibility index (Phi) is 7.07. The first kappa shape index (κ1) is 22.6. The zero-order valence-electron chi connectivity index (χ0n) is 18.6. The molecule has 0 saturated carbocycles. The molecule has 33 heavy (non-hydrogen) atoms. The minimum absolute atomic E-state index is 0.0965. The summed E-state index contributed by atoms with van der Waals surface area (Å²) in [5.41, 5.74) is 2.46. The second kappa shape index (κ2) is 10.3. The molecular formula is C26H28FN3O3. The number of rotatable bonds is 8. The summed E-state index contributed by atoms with van der Waals surface area (Å²) < 4.78 is 18.8. The van der Waals surface area contributed by atoms with Gasteiger partial charge in [-0.2, -0.15) is 0 Å².